The summed E-state index contributed by atoms with van der Waals surface area (Å²) < 4.78 is 3.49. The second kappa shape index (κ2) is 10.1. The van der Waals surface area contributed by atoms with Crippen LogP contribution < -0.4 is 16.0 Å². The average molecular weight is 510 g/mol. The van der Waals surface area contributed by atoms with E-state index in [0.29, 0.717) is 12.1 Å². The highest BCUT2D eigenvalue weighted by Crippen LogP contribution is 2.32. The molecule has 3 unspecified atom stereocenters. The Bertz CT molecular complexity index is 1520. The van der Waals surface area contributed by atoms with Crippen LogP contribution in [-0.2, 0) is 11.8 Å². The second-order valence-electron chi connectivity index (χ2n) is 10.1. The predicted molar refractivity (Wildman–Crippen MR) is 146 cm³/mol. The summed E-state index contributed by atoms with van der Waals surface area (Å²) in [6.07, 6.45) is 12.4. The largest absolute Gasteiger partial charge is 0.355 e. The van der Waals surface area contributed by atoms with Gasteiger partial charge in [0.15, 0.2) is 0 Å². The van der Waals surface area contributed by atoms with Gasteiger partial charge in [0, 0.05) is 60.0 Å². The number of aromatic nitrogens is 5. The van der Waals surface area contributed by atoms with Crippen molar-refractivity contribution in [2.75, 3.05) is 11.9 Å². The van der Waals surface area contributed by atoms with Crippen molar-refractivity contribution in [3.8, 4) is 28.3 Å². The zero-order chi connectivity index (χ0) is 26.9. The first-order chi connectivity index (χ1) is 18.3. The number of nitrogens with zero attached hydrogens (tertiary/aromatic N) is 6. The number of piperidine rings is 1. The molecule has 0 saturated carbocycles. The lowest BCUT2D eigenvalue weighted by Gasteiger charge is -2.39. The fourth-order valence-electron chi connectivity index (χ4n) is 4.72. The van der Waals surface area contributed by atoms with Crippen LogP contribution in [0.1, 0.15) is 32.3 Å². The van der Waals surface area contributed by atoms with Crippen molar-refractivity contribution >= 4 is 17.2 Å². The maximum atomic E-state index is 12.3. The van der Waals surface area contributed by atoms with E-state index < -0.39 is 0 Å². The van der Waals surface area contributed by atoms with Gasteiger partial charge in [-0.25, -0.2) is 9.50 Å². The van der Waals surface area contributed by atoms with Gasteiger partial charge in [0.25, 0.3) is 0 Å². The SMILES string of the molecule is C=CC(C)C(=O)NC1(C)CCC(Nc2ccc(-c3cc(-c4cnn(C)c4)cn4ncc(C#N)c34)cn2)NC1. The number of carbonyl (C=O) groups excluding carboxylic acids is 1. The number of nitriles is 1. The lowest BCUT2D eigenvalue weighted by atomic mass is 9.90. The fourth-order valence-corrected chi connectivity index (χ4v) is 4.72. The Morgan fingerprint density at radius 2 is 2.11 bits per heavy atom. The molecule has 4 aromatic rings. The molecular weight excluding hydrogens is 478 g/mol. The summed E-state index contributed by atoms with van der Waals surface area (Å²) in [6, 6.07) is 8.22. The zero-order valence-electron chi connectivity index (χ0n) is 21.8. The standard InChI is InChI=1S/C28H31N9O/c1-5-18(2)27(38)35-28(3)9-8-25(31-17-28)34-24-7-6-19(12-30-24)23-10-20(22-14-32-36(4)15-22)16-37-26(23)21(11-29)13-33-37/h5-7,10,12-16,18,25,31H,1,8-9,17H2,2-4H3,(H,30,34)(H,35,38). The molecule has 0 aromatic carbocycles. The first-order valence-electron chi connectivity index (χ1n) is 12.6. The molecule has 10 nitrogen and oxygen atoms in total. The van der Waals surface area contributed by atoms with Crippen LogP contribution in [0.4, 0.5) is 5.82 Å². The normalized spacial score (nSPS) is 20.0. The summed E-state index contributed by atoms with van der Waals surface area (Å²) in [7, 11) is 1.88. The molecule has 1 aliphatic heterocycles. The Morgan fingerprint density at radius 1 is 1.26 bits per heavy atom. The number of amides is 1. The average Bonchev–Trinajstić information content (AvgIpc) is 3.55. The number of aryl methyl sites for hydroxylation is 1. The number of rotatable bonds is 7. The Balaban J connectivity index is 1.33. The van der Waals surface area contributed by atoms with E-state index in [1.807, 2.05) is 50.8 Å². The highest BCUT2D eigenvalue weighted by molar-refractivity contribution is 5.87. The minimum absolute atomic E-state index is 0.00703. The molecular formula is C28H31N9O. The van der Waals surface area contributed by atoms with Crippen molar-refractivity contribution in [1.82, 2.24) is 35.0 Å². The molecule has 38 heavy (non-hydrogen) atoms. The monoisotopic (exact) mass is 509 g/mol. The first-order valence-corrected chi connectivity index (χ1v) is 12.6. The molecule has 1 aliphatic rings. The Kier molecular flexibility index (Phi) is 6.70. The van der Waals surface area contributed by atoms with Gasteiger partial charge < -0.3 is 10.6 Å². The molecule has 1 saturated heterocycles. The third kappa shape index (κ3) is 5.01. The summed E-state index contributed by atoms with van der Waals surface area (Å²) in [4.78, 5) is 17.0. The van der Waals surface area contributed by atoms with Gasteiger partial charge in [0.05, 0.1) is 35.6 Å². The van der Waals surface area contributed by atoms with Crippen molar-refractivity contribution in [3.63, 3.8) is 0 Å². The van der Waals surface area contributed by atoms with E-state index in [1.54, 1.807) is 27.7 Å². The molecule has 4 aromatic heterocycles. The van der Waals surface area contributed by atoms with Crippen molar-refractivity contribution in [1.29, 1.82) is 5.26 Å². The van der Waals surface area contributed by atoms with Gasteiger partial charge in [-0.3, -0.25) is 14.8 Å². The van der Waals surface area contributed by atoms with Crippen LogP contribution in [0.5, 0.6) is 0 Å². The number of hydrogen-bond acceptors (Lipinski definition) is 7. The molecule has 5 rings (SSSR count). The van der Waals surface area contributed by atoms with Gasteiger partial charge in [-0.15, -0.1) is 6.58 Å². The van der Waals surface area contributed by atoms with Crippen LogP contribution in [0.3, 0.4) is 0 Å². The molecule has 5 heterocycles. The molecule has 0 bridgehead atoms. The maximum Gasteiger partial charge on any atom is 0.227 e. The zero-order valence-corrected chi connectivity index (χ0v) is 21.8. The third-order valence-electron chi connectivity index (χ3n) is 7.08. The van der Waals surface area contributed by atoms with Crippen molar-refractivity contribution in [2.45, 2.75) is 38.4 Å². The molecule has 1 fully saturated rings. The summed E-state index contributed by atoms with van der Waals surface area (Å²) >= 11 is 0. The smallest absolute Gasteiger partial charge is 0.227 e. The molecule has 1 amide bonds. The fraction of sp³-hybridized carbons (Fsp3) is 0.321. The number of pyridine rings is 2. The number of nitrogens with one attached hydrogen (secondary N) is 3. The molecule has 3 N–H and O–H groups in total. The molecule has 0 radical (unpaired) electrons. The van der Waals surface area contributed by atoms with Crippen molar-refractivity contribution < 1.29 is 4.79 Å². The summed E-state index contributed by atoms with van der Waals surface area (Å²) in [5.41, 5.74) is 4.59. The third-order valence-corrected chi connectivity index (χ3v) is 7.08. The molecule has 194 valence electrons. The lowest BCUT2D eigenvalue weighted by molar-refractivity contribution is -0.125. The summed E-state index contributed by atoms with van der Waals surface area (Å²) in [5.74, 6) is 0.517. The van der Waals surface area contributed by atoms with Gasteiger partial charge in [0.2, 0.25) is 5.91 Å². The van der Waals surface area contributed by atoms with E-state index in [9.17, 15) is 10.1 Å². The van der Waals surface area contributed by atoms with Gasteiger partial charge in [-0.05, 0) is 38.0 Å². The minimum Gasteiger partial charge on any atom is -0.355 e. The van der Waals surface area contributed by atoms with E-state index in [-0.39, 0.29) is 23.5 Å². The molecule has 0 spiro atoms. The van der Waals surface area contributed by atoms with E-state index in [1.165, 1.54) is 0 Å². The highest BCUT2D eigenvalue weighted by Gasteiger charge is 2.33. The predicted octanol–water partition coefficient (Wildman–Crippen LogP) is 3.49. The lowest BCUT2D eigenvalue weighted by Crippen LogP contribution is -2.60. The van der Waals surface area contributed by atoms with E-state index >= 15 is 0 Å². The minimum atomic E-state index is -0.307. The van der Waals surface area contributed by atoms with Crippen LogP contribution in [-0.4, -0.2) is 48.5 Å². The Labute approximate surface area is 221 Å². The van der Waals surface area contributed by atoms with Gasteiger partial charge in [0.1, 0.15) is 11.9 Å². The van der Waals surface area contributed by atoms with Crippen LogP contribution in [0.2, 0.25) is 0 Å². The first kappa shape index (κ1) is 25.2. The number of carbonyl (C=O) groups is 1. The maximum absolute atomic E-state index is 12.3. The topological polar surface area (TPSA) is 125 Å². The molecule has 0 aliphatic carbocycles. The van der Waals surface area contributed by atoms with Crippen LogP contribution in [0.25, 0.3) is 27.8 Å². The number of hydrogen-bond donors (Lipinski definition) is 3. The summed E-state index contributed by atoms with van der Waals surface area (Å²) in [5, 5.41) is 28.4. The Hall–Kier alpha value is -4.49. The van der Waals surface area contributed by atoms with Crippen molar-refractivity contribution in [3.05, 3.63) is 67.4 Å². The van der Waals surface area contributed by atoms with E-state index in [2.05, 4.69) is 50.7 Å². The number of fused-ring (bicyclic) bond motifs is 1. The van der Waals surface area contributed by atoms with E-state index in [0.717, 1.165) is 46.4 Å². The number of anilines is 1. The quantitative estimate of drug-likeness (QED) is 0.326. The van der Waals surface area contributed by atoms with Crippen LogP contribution in [0.15, 0.2) is 61.8 Å². The van der Waals surface area contributed by atoms with Gasteiger partial charge in [-0.1, -0.05) is 13.0 Å². The van der Waals surface area contributed by atoms with Gasteiger partial charge in [-0.2, -0.15) is 15.5 Å². The highest BCUT2D eigenvalue weighted by atomic mass is 16.2. The van der Waals surface area contributed by atoms with Crippen LogP contribution >= 0.6 is 0 Å². The molecule has 10 heteroatoms. The Morgan fingerprint density at radius 3 is 2.74 bits per heavy atom. The van der Waals surface area contributed by atoms with Crippen molar-refractivity contribution in [2.24, 2.45) is 13.0 Å². The summed E-state index contributed by atoms with van der Waals surface area (Å²) in [6.45, 7) is 8.26. The molecule has 3 atom stereocenters. The second-order valence-corrected chi connectivity index (χ2v) is 10.1. The van der Waals surface area contributed by atoms with Gasteiger partial charge >= 0.3 is 0 Å². The van der Waals surface area contributed by atoms with E-state index in [4.69, 9.17) is 0 Å². The van der Waals surface area contributed by atoms with Crippen LogP contribution in [0, 0.1) is 17.2 Å².